The number of aliphatic carboxylic acids is 1. The summed E-state index contributed by atoms with van der Waals surface area (Å²) in [5.41, 5.74) is 0.958. The van der Waals surface area contributed by atoms with Crippen molar-refractivity contribution in [3.63, 3.8) is 0 Å². The van der Waals surface area contributed by atoms with Gasteiger partial charge >= 0.3 is 5.97 Å². The van der Waals surface area contributed by atoms with Gasteiger partial charge in [-0.1, -0.05) is 31.0 Å². The predicted octanol–water partition coefficient (Wildman–Crippen LogP) is 2.40. The Bertz CT molecular complexity index is 490. The van der Waals surface area contributed by atoms with Crippen molar-refractivity contribution in [1.82, 2.24) is 5.32 Å². The van der Waals surface area contributed by atoms with Gasteiger partial charge in [0, 0.05) is 0 Å². The average molecular weight is 300 g/mol. The van der Waals surface area contributed by atoms with E-state index in [9.17, 15) is 9.59 Å². The van der Waals surface area contributed by atoms with E-state index < -0.39 is 17.9 Å². The van der Waals surface area contributed by atoms with Crippen LogP contribution in [-0.4, -0.2) is 29.6 Å². The van der Waals surface area contributed by atoms with Crippen LogP contribution in [0.2, 0.25) is 5.02 Å². The number of halogens is 1. The molecule has 0 saturated heterocycles. The van der Waals surface area contributed by atoms with Crippen molar-refractivity contribution in [2.45, 2.75) is 32.7 Å². The standard InChI is InChI=1S/C14H18ClNO4/c1-3-4-11(14(18)19)16-13(17)8-20-12-7-9(2)5-6-10(12)15/h5-7,11H,3-4,8H2,1-2H3,(H,16,17)(H,18,19). The number of carboxylic acid groups (broad SMARTS) is 1. The van der Waals surface area contributed by atoms with Crippen LogP contribution in [0, 0.1) is 6.92 Å². The van der Waals surface area contributed by atoms with E-state index in [1.165, 1.54) is 0 Å². The molecule has 2 N–H and O–H groups in total. The van der Waals surface area contributed by atoms with Gasteiger partial charge in [0.1, 0.15) is 11.8 Å². The molecule has 1 rings (SSSR count). The Hall–Kier alpha value is -1.75. The van der Waals surface area contributed by atoms with E-state index in [0.29, 0.717) is 23.6 Å². The van der Waals surface area contributed by atoms with Gasteiger partial charge in [0.25, 0.3) is 5.91 Å². The van der Waals surface area contributed by atoms with Gasteiger partial charge in [-0.05, 0) is 31.0 Å². The van der Waals surface area contributed by atoms with Crippen molar-refractivity contribution >= 4 is 23.5 Å². The molecule has 1 aromatic rings. The highest BCUT2D eigenvalue weighted by molar-refractivity contribution is 6.32. The highest BCUT2D eigenvalue weighted by Gasteiger charge is 2.19. The average Bonchev–Trinajstić information content (AvgIpc) is 2.39. The van der Waals surface area contributed by atoms with Crippen LogP contribution < -0.4 is 10.1 Å². The Balaban J connectivity index is 2.54. The van der Waals surface area contributed by atoms with E-state index in [0.717, 1.165) is 5.56 Å². The first-order chi connectivity index (χ1) is 9.43. The molecule has 0 saturated carbocycles. The lowest BCUT2D eigenvalue weighted by molar-refractivity contribution is -0.142. The molecule has 0 radical (unpaired) electrons. The van der Waals surface area contributed by atoms with Gasteiger partial charge < -0.3 is 15.2 Å². The third kappa shape index (κ3) is 5.09. The van der Waals surface area contributed by atoms with Crippen LogP contribution in [0.4, 0.5) is 0 Å². The Kier molecular flexibility index (Phi) is 6.31. The topological polar surface area (TPSA) is 75.6 Å². The number of amides is 1. The van der Waals surface area contributed by atoms with Crippen LogP contribution in [-0.2, 0) is 9.59 Å². The summed E-state index contributed by atoms with van der Waals surface area (Å²) < 4.78 is 5.30. The Labute approximate surface area is 122 Å². The molecule has 0 fully saturated rings. The molecule has 1 unspecified atom stereocenters. The molecule has 0 heterocycles. The van der Waals surface area contributed by atoms with Crippen molar-refractivity contribution in [2.75, 3.05) is 6.61 Å². The van der Waals surface area contributed by atoms with Crippen LogP contribution in [0.25, 0.3) is 0 Å². The highest BCUT2D eigenvalue weighted by Crippen LogP contribution is 2.24. The fraction of sp³-hybridized carbons (Fsp3) is 0.429. The van der Waals surface area contributed by atoms with Crippen molar-refractivity contribution in [2.24, 2.45) is 0 Å². The molecule has 0 spiro atoms. The van der Waals surface area contributed by atoms with E-state index in [-0.39, 0.29) is 6.61 Å². The molecular weight excluding hydrogens is 282 g/mol. The highest BCUT2D eigenvalue weighted by atomic mass is 35.5. The van der Waals surface area contributed by atoms with Crippen LogP contribution in [0.5, 0.6) is 5.75 Å². The molecule has 5 nitrogen and oxygen atoms in total. The zero-order valence-electron chi connectivity index (χ0n) is 11.5. The van der Waals surface area contributed by atoms with Crippen LogP contribution >= 0.6 is 11.6 Å². The first kappa shape index (κ1) is 16.3. The molecule has 1 amide bonds. The molecule has 1 atom stereocenters. The SMILES string of the molecule is CCCC(NC(=O)COc1cc(C)ccc1Cl)C(=O)O. The van der Waals surface area contributed by atoms with Crippen LogP contribution in [0.1, 0.15) is 25.3 Å². The molecule has 0 bridgehead atoms. The number of aryl methyl sites for hydroxylation is 1. The molecule has 20 heavy (non-hydrogen) atoms. The zero-order valence-corrected chi connectivity index (χ0v) is 12.2. The third-order valence-corrected chi connectivity index (χ3v) is 2.97. The summed E-state index contributed by atoms with van der Waals surface area (Å²) in [5, 5.41) is 11.8. The summed E-state index contributed by atoms with van der Waals surface area (Å²) in [6.45, 7) is 3.47. The number of hydrogen-bond acceptors (Lipinski definition) is 3. The lowest BCUT2D eigenvalue weighted by atomic mass is 10.2. The lowest BCUT2D eigenvalue weighted by Gasteiger charge is -2.14. The van der Waals surface area contributed by atoms with E-state index in [1.54, 1.807) is 12.1 Å². The first-order valence-corrected chi connectivity index (χ1v) is 6.73. The maximum atomic E-state index is 11.7. The largest absolute Gasteiger partial charge is 0.482 e. The van der Waals surface area contributed by atoms with Gasteiger partial charge in [-0.3, -0.25) is 4.79 Å². The van der Waals surface area contributed by atoms with E-state index in [1.807, 2.05) is 19.9 Å². The Morgan fingerprint density at radius 2 is 2.15 bits per heavy atom. The van der Waals surface area contributed by atoms with Crippen molar-refractivity contribution in [3.05, 3.63) is 28.8 Å². The molecular formula is C14H18ClNO4. The van der Waals surface area contributed by atoms with Crippen molar-refractivity contribution in [3.8, 4) is 5.75 Å². The Morgan fingerprint density at radius 3 is 2.75 bits per heavy atom. The molecule has 0 aliphatic rings. The Morgan fingerprint density at radius 1 is 1.45 bits per heavy atom. The smallest absolute Gasteiger partial charge is 0.326 e. The zero-order chi connectivity index (χ0) is 15.1. The summed E-state index contributed by atoms with van der Waals surface area (Å²) >= 11 is 5.93. The minimum Gasteiger partial charge on any atom is -0.482 e. The fourth-order valence-corrected chi connectivity index (χ4v) is 1.82. The number of carbonyl (C=O) groups excluding carboxylic acids is 1. The third-order valence-electron chi connectivity index (χ3n) is 2.66. The number of nitrogens with one attached hydrogen (secondary N) is 1. The molecule has 0 aromatic heterocycles. The van der Waals surface area contributed by atoms with Gasteiger partial charge in [0.2, 0.25) is 0 Å². The second kappa shape index (κ2) is 7.75. The van der Waals surface area contributed by atoms with Gasteiger partial charge in [-0.15, -0.1) is 0 Å². The van der Waals surface area contributed by atoms with Crippen LogP contribution in [0.15, 0.2) is 18.2 Å². The summed E-state index contributed by atoms with van der Waals surface area (Å²) in [5.74, 6) is -1.12. The van der Waals surface area contributed by atoms with Gasteiger partial charge in [0.15, 0.2) is 6.61 Å². The maximum absolute atomic E-state index is 11.7. The second-order valence-corrected chi connectivity index (χ2v) is 4.88. The summed E-state index contributed by atoms with van der Waals surface area (Å²) in [4.78, 5) is 22.6. The quantitative estimate of drug-likeness (QED) is 0.810. The monoisotopic (exact) mass is 299 g/mol. The molecule has 1 aromatic carbocycles. The van der Waals surface area contributed by atoms with Crippen LogP contribution in [0.3, 0.4) is 0 Å². The predicted molar refractivity (Wildman–Crippen MR) is 76.2 cm³/mol. The molecule has 0 aliphatic carbocycles. The van der Waals surface area contributed by atoms with Gasteiger partial charge in [0.05, 0.1) is 5.02 Å². The summed E-state index contributed by atoms with van der Waals surface area (Å²) in [6, 6.07) is 4.35. The van der Waals surface area contributed by atoms with Crippen molar-refractivity contribution in [1.29, 1.82) is 0 Å². The molecule has 6 heteroatoms. The lowest BCUT2D eigenvalue weighted by Crippen LogP contribution is -2.42. The van der Waals surface area contributed by atoms with Crippen molar-refractivity contribution < 1.29 is 19.4 Å². The number of carboxylic acids is 1. The normalized spacial score (nSPS) is 11.8. The van der Waals surface area contributed by atoms with Gasteiger partial charge in [-0.25, -0.2) is 4.79 Å². The maximum Gasteiger partial charge on any atom is 0.326 e. The first-order valence-electron chi connectivity index (χ1n) is 6.35. The number of carbonyl (C=O) groups is 2. The van der Waals surface area contributed by atoms with E-state index in [4.69, 9.17) is 21.4 Å². The molecule has 110 valence electrons. The number of rotatable bonds is 7. The minimum atomic E-state index is -1.05. The molecule has 0 aliphatic heterocycles. The second-order valence-electron chi connectivity index (χ2n) is 4.47. The number of benzene rings is 1. The summed E-state index contributed by atoms with van der Waals surface area (Å²) in [7, 11) is 0. The fourth-order valence-electron chi connectivity index (χ4n) is 1.65. The number of hydrogen-bond donors (Lipinski definition) is 2. The number of ether oxygens (including phenoxy) is 1. The van der Waals surface area contributed by atoms with E-state index in [2.05, 4.69) is 5.32 Å². The summed E-state index contributed by atoms with van der Waals surface area (Å²) in [6.07, 6.45) is 1.05. The van der Waals surface area contributed by atoms with E-state index >= 15 is 0 Å². The van der Waals surface area contributed by atoms with Gasteiger partial charge in [-0.2, -0.15) is 0 Å². The minimum absolute atomic E-state index is 0.267.